The molecular formula is C14H19N3O2. The SMILES string of the molecule is CCC(C(=O)N1c2ccccc2CC1C)C(N)=NO. The molecule has 0 aliphatic carbocycles. The highest BCUT2D eigenvalue weighted by molar-refractivity contribution is 6.09. The third-order valence-electron chi connectivity index (χ3n) is 3.62. The highest BCUT2D eigenvalue weighted by atomic mass is 16.4. The number of fused-ring (bicyclic) bond motifs is 1. The maximum Gasteiger partial charge on any atom is 0.238 e. The molecule has 5 heteroatoms. The number of oxime groups is 1. The van der Waals surface area contributed by atoms with Gasteiger partial charge < -0.3 is 15.8 Å². The van der Waals surface area contributed by atoms with E-state index in [4.69, 9.17) is 10.9 Å². The van der Waals surface area contributed by atoms with Gasteiger partial charge in [-0.05, 0) is 31.4 Å². The van der Waals surface area contributed by atoms with Crippen LogP contribution in [-0.4, -0.2) is 23.0 Å². The highest BCUT2D eigenvalue weighted by Crippen LogP contribution is 2.33. The average Bonchev–Trinajstić information content (AvgIpc) is 2.74. The van der Waals surface area contributed by atoms with Crippen molar-refractivity contribution in [3.63, 3.8) is 0 Å². The molecule has 0 radical (unpaired) electrons. The Labute approximate surface area is 112 Å². The quantitative estimate of drug-likeness (QED) is 0.376. The summed E-state index contributed by atoms with van der Waals surface area (Å²) in [6.45, 7) is 3.87. The zero-order chi connectivity index (χ0) is 14.0. The average molecular weight is 261 g/mol. The van der Waals surface area contributed by atoms with Crippen LogP contribution in [0.15, 0.2) is 29.4 Å². The van der Waals surface area contributed by atoms with Crippen LogP contribution in [0.4, 0.5) is 5.69 Å². The summed E-state index contributed by atoms with van der Waals surface area (Å²) in [7, 11) is 0. The molecule has 5 nitrogen and oxygen atoms in total. The first kappa shape index (κ1) is 13.4. The number of para-hydroxylation sites is 1. The molecule has 0 saturated heterocycles. The Morgan fingerprint density at radius 2 is 2.26 bits per heavy atom. The molecule has 2 atom stereocenters. The summed E-state index contributed by atoms with van der Waals surface area (Å²) in [5.41, 5.74) is 7.71. The minimum Gasteiger partial charge on any atom is -0.409 e. The van der Waals surface area contributed by atoms with E-state index in [0.29, 0.717) is 6.42 Å². The van der Waals surface area contributed by atoms with Gasteiger partial charge in [-0.25, -0.2) is 0 Å². The Morgan fingerprint density at radius 3 is 2.89 bits per heavy atom. The van der Waals surface area contributed by atoms with Crippen LogP contribution in [0.1, 0.15) is 25.8 Å². The fourth-order valence-corrected chi connectivity index (χ4v) is 2.65. The summed E-state index contributed by atoms with van der Waals surface area (Å²) >= 11 is 0. The van der Waals surface area contributed by atoms with Crippen LogP contribution in [0.2, 0.25) is 0 Å². The van der Waals surface area contributed by atoms with E-state index >= 15 is 0 Å². The molecule has 2 unspecified atom stereocenters. The second kappa shape index (κ2) is 5.30. The lowest BCUT2D eigenvalue weighted by atomic mass is 10.0. The van der Waals surface area contributed by atoms with Crippen LogP contribution >= 0.6 is 0 Å². The Kier molecular flexibility index (Phi) is 3.74. The maximum atomic E-state index is 12.6. The number of hydrogen-bond acceptors (Lipinski definition) is 3. The van der Waals surface area contributed by atoms with Crippen molar-refractivity contribution in [2.75, 3.05) is 4.90 Å². The minimum absolute atomic E-state index is 0.0240. The molecule has 0 bridgehead atoms. The van der Waals surface area contributed by atoms with Crippen molar-refractivity contribution in [2.24, 2.45) is 16.8 Å². The van der Waals surface area contributed by atoms with E-state index in [1.165, 1.54) is 0 Å². The lowest BCUT2D eigenvalue weighted by Crippen LogP contribution is -2.44. The molecule has 0 saturated carbocycles. The first-order valence-electron chi connectivity index (χ1n) is 6.48. The Hall–Kier alpha value is -2.04. The smallest absolute Gasteiger partial charge is 0.238 e. The van der Waals surface area contributed by atoms with Gasteiger partial charge in [0.05, 0.1) is 5.92 Å². The molecule has 19 heavy (non-hydrogen) atoms. The number of nitrogens with two attached hydrogens (primary N) is 1. The number of carbonyl (C=O) groups excluding carboxylic acids is 1. The molecule has 1 amide bonds. The fraction of sp³-hybridized carbons (Fsp3) is 0.429. The topological polar surface area (TPSA) is 78.9 Å². The molecule has 1 aliphatic heterocycles. The summed E-state index contributed by atoms with van der Waals surface area (Å²) in [5, 5.41) is 11.8. The lowest BCUT2D eigenvalue weighted by Gasteiger charge is -2.26. The predicted octanol–water partition coefficient (Wildman–Crippen LogP) is 1.74. The van der Waals surface area contributed by atoms with Gasteiger partial charge in [0.2, 0.25) is 5.91 Å². The van der Waals surface area contributed by atoms with Gasteiger partial charge in [0, 0.05) is 11.7 Å². The van der Waals surface area contributed by atoms with E-state index in [1.807, 2.05) is 38.1 Å². The third-order valence-corrected chi connectivity index (χ3v) is 3.62. The number of rotatable bonds is 3. The Balaban J connectivity index is 2.34. The van der Waals surface area contributed by atoms with E-state index in [1.54, 1.807) is 4.90 Å². The van der Waals surface area contributed by atoms with Crippen LogP contribution in [0, 0.1) is 5.92 Å². The Bertz CT molecular complexity index is 513. The molecule has 102 valence electrons. The van der Waals surface area contributed by atoms with Crippen molar-refractivity contribution in [3.8, 4) is 0 Å². The number of benzene rings is 1. The van der Waals surface area contributed by atoms with Crippen LogP contribution in [0.3, 0.4) is 0 Å². The molecule has 0 fully saturated rings. The van der Waals surface area contributed by atoms with Gasteiger partial charge in [0.15, 0.2) is 5.84 Å². The molecule has 3 N–H and O–H groups in total. The van der Waals surface area contributed by atoms with Gasteiger partial charge in [-0.1, -0.05) is 30.3 Å². The molecular weight excluding hydrogens is 242 g/mol. The van der Waals surface area contributed by atoms with Gasteiger partial charge in [0.25, 0.3) is 0 Å². The van der Waals surface area contributed by atoms with Crippen molar-refractivity contribution in [1.82, 2.24) is 0 Å². The van der Waals surface area contributed by atoms with E-state index in [-0.39, 0.29) is 17.8 Å². The second-order valence-electron chi connectivity index (χ2n) is 4.88. The van der Waals surface area contributed by atoms with E-state index < -0.39 is 5.92 Å². The normalized spacial score (nSPS) is 20.2. The number of hydrogen-bond donors (Lipinski definition) is 2. The summed E-state index contributed by atoms with van der Waals surface area (Å²) in [5.74, 6) is -0.696. The highest BCUT2D eigenvalue weighted by Gasteiger charge is 2.35. The van der Waals surface area contributed by atoms with Crippen molar-refractivity contribution in [2.45, 2.75) is 32.7 Å². The zero-order valence-corrected chi connectivity index (χ0v) is 11.2. The van der Waals surface area contributed by atoms with Crippen LogP contribution in [-0.2, 0) is 11.2 Å². The molecule has 1 aromatic rings. The van der Waals surface area contributed by atoms with Gasteiger partial charge in [-0.15, -0.1) is 0 Å². The molecule has 0 aromatic heterocycles. The van der Waals surface area contributed by atoms with Crippen molar-refractivity contribution >= 4 is 17.4 Å². The minimum atomic E-state index is -0.571. The Morgan fingerprint density at radius 1 is 1.58 bits per heavy atom. The zero-order valence-electron chi connectivity index (χ0n) is 11.2. The summed E-state index contributed by atoms with van der Waals surface area (Å²) in [4.78, 5) is 14.4. The number of amidine groups is 1. The summed E-state index contributed by atoms with van der Waals surface area (Å²) < 4.78 is 0. The van der Waals surface area contributed by atoms with Gasteiger partial charge in [-0.3, -0.25) is 4.79 Å². The number of amides is 1. The number of nitrogens with zero attached hydrogens (tertiary/aromatic N) is 2. The number of carbonyl (C=O) groups is 1. The summed E-state index contributed by atoms with van der Waals surface area (Å²) in [6.07, 6.45) is 1.36. The fourth-order valence-electron chi connectivity index (χ4n) is 2.65. The molecule has 1 aromatic carbocycles. The van der Waals surface area contributed by atoms with Gasteiger partial charge in [-0.2, -0.15) is 0 Å². The first-order valence-corrected chi connectivity index (χ1v) is 6.48. The van der Waals surface area contributed by atoms with Crippen LogP contribution < -0.4 is 10.6 Å². The van der Waals surface area contributed by atoms with Crippen molar-refractivity contribution < 1.29 is 10.0 Å². The van der Waals surface area contributed by atoms with E-state index in [9.17, 15) is 4.79 Å². The molecule has 1 heterocycles. The number of anilines is 1. The van der Waals surface area contributed by atoms with Gasteiger partial charge in [0.1, 0.15) is 0 Å². The third kappa shape index (κ3) is 2.28. The molecule has 1 aliphatic rings. The molecule has 2 rings (SSSR count). The van der Waals surface area contributed by atoms with Crippen LogP contribution in [0.25, 0.3) is 0 Å². The van der Waals surface area contributed by atoms with Crippen LogP contribution in [0.5, 0.6) is 0 Å². The molecule has 0 spiro atoms. The van der Waals surface area contributed by atoms with E-state index in [0.717, 1.165) is 17.7 Å². The monoisotopic (exact) mass is 261 g/mol. The standard InChI is InChI=1S/C14H19N3O2/c1-3-11(13(15)16-19)14(18)17-9(2)8-10-6-4-5-7-12(10)17/h4-7,9,11,19H,3,8H2,1-2H3,(H2,15,16). The van der Waals surface area contributed by atoms with E-state index in [2.05, 4.69) is 5.16 Å². The largest absolute Gasteiger partial charge is 0.409 e. The summed E-state index contributed by atoms with van der Waals surface area (Å²) in [6, 6.07) is 7.96. The van der Waals surface area contributed by atoms with Crippen molar-refractivity contribution in [1.29, 1.82) is 0 Å². The second-order valence-corrected chi connectivity index (χ2v) is 4.88. The van der Waals surface area contributed by atoms with Gasteiger partial charge >= 0.3 is 0 Å². The first-order chi connectivity index (χ1) is 9.10. The maximum absolute atomic E-state index is 12.6. The van der Waals surface area contributed by atoms with Crippen molar-refractivity contribution in [3.05, 3.63) is 29.8 Å². The lowest BCUT2D eigenvalue weighted by molar-refractivity contribution is -0.120. The predicted molar refractivity (Wildman–Crippen MR) is 74.3 cm³/mol.